The van der Waals surface area contributed by atoms with Crippen LogP contribution in [0, 0.1) is 11.3 Å². The Hall–Kier alpha value is -5.78. The molecule has 202 valence electrons. The second-order valence-electron chi connectivity index (χ2n) is 9.27. The quantitative estimate of drug-likeness (QED) is 0.166. The minimum atomic E-state index is 0.334. The normalized spacial score (nSPS) is 10.5. The number of thiocarbonyl (C=S) groups is 1. The lowest BCUT2D eigenvalue weighted by molar-refractivity contribution is 0.600. The largest absolute Gasteiger partial charge is 0.438 e. The summed E-state index contributed by atoms with van der Waals surface area (Å²) in [6, 6.07) is 43.0. The van der Waals surface area contributed by atoms with Crippen LogP contribution in [0.2, 0.25) is 0 Å². The molecule has 7 nitrogen and oxygen atoms in total. The van der Waals surface area contributed by atoms with Crippen molar-refractivity contribution in [1.29, 1.82) is 5.26 Å². The third-order valence-corrected chi connectivity index (χ3v) is 6.72. The number of aromatic nitrogens is 2. The van der Waals surface area contributed by atoms with Gasteiger partial charge in [0.2, 0.25) is 5.88 Å². The van der Waals surface area contributed by atoms with Crippen molar-refractivity contribution < 1.29 is 4.42 Å². The average Bonchev–Trinajstić information content (AvgIpc) is 3.41. The Labute approximate surface area is 248 Å². The van der Waals surface area contributed by atoms with Gasteiger partial charge in [0.05, 0.1) is 17.1 Å². The summed E-state index contributed by atoms with van der Waals surface area (Å²) in [5.41, 5.74) is 6.02. The Morgan fingerprint density at radius 3 is 1.86 bits per heavy atom. The summed E-state index contributed by atoms with van der Waals surface area (Å²) >= 11 is 5.58. The Morgan fingerprint density at radius 1 is 0.643 bits per heavy atom. The van der Waals surface area contributed by atoms with E-state index in [1.165, 1.54) is 0 Å². The van der Waals surface area contributed by atoms with E-state index in [0.29, 0.717) is 39.5 Å². The van der Waals surface area contributed by atoms with Gasteiger partial charge in [-0.05, 0) is 42.0 Å². The smallest absolute Gasteiger partial charge is 0.216 e. The first kappa shape index (κ1) is 26.4. The molecule has 2 aromatic heterocycles. The molecule has 0 fully saturated rings. The summed E-state index contributed by atoms with van der Waals surface area (Å²) in [5, 5.41) is 28.8. The van der Waals surface area contributed by atoms with Gasteiger partial charge < -0.3 is 20.4 Å². The lowest BCUT2D eigenvalue weighted by atomic mass is 9.98. The molecule has 0 aliphatic heterocycles. The average molecular weight is 565 g/mol. The summed E-state index contributed by atoms with van der Waals surface area (Å²) < 4.78 is 6.36. The predicted molar refractivity (Wildman–Crippen MR) is 171 cm³/mol. The minimum absolute atomic E-state index is 0.334. The zero-order chi connectivity index (χ0) is 28.7. The summed E-state index contributed by atoms with van der Waals surface area (Å²) in [4.78, 5) is 0. The molecular formula is C34H24N6OS. The van der Waals surface area contributed by atoms with Crippen molar-refractivity contribution in [3.05, 3.63) is 133 Å². The number of furan rings is 1. The molecule has 8 heteroatoms. The Kier molecular flexibility index (Phi) is 7.66. The molecule has 0 unspecified atom stereocenters. The molecule has 0 spiro atoms. The van der Waals surface area contributed by atoms with E-state index in [1.807, 2.05) is 127 Å². The van der Waals surface area contributed by atoms with Gasteiger partial charge in [-0.2, -0.15) is 5.26 Å². The monoisotopic (exact) mass is 564 g/mol. The number of para-hydroxylation sites is 2. The van der Waals surface area contributed by atoms with Crippen LogP contribution in [-0.2, 0) is 0 Å². The molecule has 0 amide bonds. The van der Waals surface area contributed by atoms with Gasteiger partial charge in [0, 0.05) is 16.7 Å². The maximum Gasteiger partial charge on any atom is 0.216 e. The fourth-order valence-electron chi connectivity index (χ4n) is 4.55. The van der Waals surface area contributed by atoms with E-state index < -0.39 is 0 Å². The third kappa shape index (κ3) is 5.72. The van der Waals surface area contributed by atoms with Crippen LogP contribution in [0.4, 0.5) is 23.1 Å². The Balaban J connectivity index is 1.26. The molecule has 6 aromatic rings. The minimum Gasteiger partial charge on any atom is -0.438 e. The SMILES string of the molecule is N#Cc1c(Nc2ccccc2NC(=S)Nc2ccc(-c3ccccc3)nn2)oc(-c2ccccc2)c1-c1ccccc1. The van der Waals surface area contributed by atoms with E-state index in [-0.39, 0.29) is 0 Å². The maximum absolute atomic E-state index is 10.3. The van der Waals surface area contributed by atoms with E-state index in [0.717, 1.165) is 27.9 Å². The van der Waals surface area contributed by atoms with Crippen LogP contribution < -0.4 is 16.0 Å². The summed E-state index contributed by atoms with van der Waals surface area (Å²) in [5.74, 6) is 1.46. The zero-order valence-corrected chi connectivity index (χ0v) is 23.1. The fourth-order valence-corrected chi connectivity index (χ4v) is 4.77. The number of benzene rings is 4. The van der Waals surface area contributed by atoms with Gasteiger partial charge in [-0.3, -0.25) is 0 Å². The van der Waals surface area contributed by atoms with Gasteiger partial charge in [0.15, 0.2) is 10.9 Å². The number of nitrogens with one attached hydrogen (secondary N) is 3. The molecule has 3 N–H and O–H groups in total. The molecule has 4 aromatic carbocycles. The van der Waals surface area contributed by atoms with Crippen LogP contribution in [-0.4, -0.2) is 15.3 Å². The van der Waals surface area contributed by atoms with Crippen molar-refractivity contribution in [2.75, 3.05) is 16.0 Å². The van der Waals surface area contributed by atoms with E-state index >= 15 is 0 Å². The number of hydrogen-bond acceptors (Lipinski definition) is 6. The topological polar surface area (TPSA) is 98.8 Å². The fraction of sp³-hybridized carbons (Fsp3) is 0. The van der Waals surface area contributed by atoms with E-state index in [9.17, 15) is 5.26 Å². The predicted octanol–water partition coefficient (Wildman–Crippen LogP) is 8.49. The number of hydrogen-bond donors (Lipinski definition) is 3. The summed E-state index contributed by atoms with van der Waals surface area (Å²) in [6.45, 7) is 0. The first-order valence-electron chi connectivity index (χ1n) is 13.2. The van der Waals surface area contributed by atoms with Crippen LogP contribution in [0.25, 0.3) is 33.7 Å². The van der Waals surface area contributed by atoms with E-state index in [4.69, 9.17) is 16.6 Å². The number of rotatable bonds is 7. The first-order chi connectivity index (χ1) is 20.7. The maximum atomic E-state index is 10.3. The molecular weight excluding hydrogens is 540 g/mol. The summed E-state index contributed by atoms with van der Waals surface area (Å²) in [6.07, 6.45) is 0. The molecule has 0 bridgehead atoms. The molecule has 2 heterocycles. The molecule has 42 heavy (non-hydrogen) atoms. The first-order valence-corrected chi connectivity index (χ1v) is 13.6. The Bertz CT molecular complexity index is 1870. The van der Waals surface area contributed by atoms with Crippen LogP contribution >= 0.6 is 12.2 Å². The second kappa shape index (κ2) is 12.2. The van der Waals surface area contributed by atoms with Crippen LogP contribution in [0.5, 0.6) is 0 Å². The molecule has 0 atom stereocenters. The molecule has 0 saturated carbocycles. The highest BCUT2D eigenvalue weighted by Gasteiger charge is 2.23. The van der Waals surface area contributed by atoms with Crippen molar-refractivity contribution in [1.82, 2.24) is 10.2 Å². The molecule has 0 aliphatic carbocycles. The highest BCUT2D eigenvalue weighted by atomic mass is 32.1. The number of nitrogens with zero attached hydrogens (tertiary/aromatic N) is 3. The highest BCUT2D eigenvalue weighted by Crippen LogP contribution is 2.42. The van der Waals surface area contributed by atoms with Crippen LogP contribution in [0.1, 0.15) is 5.56 Å². The molecule has 0 aliphatic rings. The van der Waals surface area contributed by atoms with E-state index in [1.54, 1.807) is 0 Å². The van der Waals surface area contributed by atoms with Gasteiger partial charge >= 0.3 is 0 Å². The van der Waals surface area contributed by atoms with Crippen molar-refractivity contribution in [2.24, 2.45) is 0 Å². The van der Waals surface area contributed by atoms with Gasteiger partial charge in [0.25, 0.3) is 0 Å². The summed E-state index contributed by atoms with van der Waals surface area (Å²) in [7, 11) is 0. The third-order valence-electron chi connectivity index (χ3n) is 6.52. The number of anilines is 4. The standard InChI is InChI=1S/C34H24N6OS/c35-22-26-31(24-14-6-2-7-15-24)32(25-16-8-3-9-17-25)41-33(26)36-28-18-10-11-19-29(28)37-34(42)38-30-21-20-27(39-40-30)23-12-4-1-5-13-23/h1-21,36H,(H2,37,38,40,42). The van der Waals surface area contributed by atoms with E-state index in [2.05, 4.69) is 32.2 Å². The van der Waals surface area contributed by atoms with Gasteiger partial charge in [-0.25, -0.2) is 0 Å². The van der Waals surface area contributed by atoms with Crippen LogP contribution in [0.3, 0.4) is 0 Å². The molecule has 6 rings (SSSR count). The van der Waals surface area contributed by atoms with Crippen molar-refractivity contribution in [3.8, 4) is 39.8 Å². The van der Waals surface area contributed by atoms with Crippen molar-refractivity contribution in [3.63, 3.8) is 0 Å². The van der Waals surface area contributed by atoms with Crippen molar-refractivity contribution >= 4 is 40.4 Å². The van der Waals surface area contributed by atoms with Gasteiger partial charge in [-0.1, -0.05) is 103 Å². The van der Waals surface area contributed by atoms with Crippen LogP contribution in [0.15, 0.2) is 132 Å². The lowest BCUT2D eigenvalue weighted by Gasteiger charge is -2.14. The molecule has 0 saturated heterocycles. The number of nitriles is 1. The van der Waals surface area contributed by atoms with Gasteiger partial charge in [-0.15, -0.1) is 10.2 Å². The van der Waals surface area contributed by atoms with Crippen molar-refractivity contribution in [2.45, 2.75) is 0 Å². The molecule has 0 radical (unpaired) electrons. The second-order valence-corrected chi connectivity index (χ2v) is 9.68. The van der Waals surface area contributed by atoms with Gasteiger partial charge in [0.1, 0.15) is 17.4 Å². The highest BCUT2D eigenvalue weighted by molar-refractivity contribution is 7.80. The lowest BCUT2D eigenvalue weighted by Crippen LogP contribution is -2.20. The zero-order valence-electron chi connectivity index (χ0n) is 22.3. The Morgan fingerprint density at radius 2 is 1.24 bits per heavy atom.